The van der Waals surface area contributed by atoms with Crippen molar-refractivity contribution in [1.29, 1.82) is 0 Å². The lowest BCUT2D eigenvalue weighted by Crippen LogP contribution is -2.57. The second-order valence-corrected chi connectivity index (χ2v) is 5.12. The summed E-state index contributed by atoms with van der Waals surface area (Å²) >= 11 is 0. The maximum Gasteiger partial charge on any atom is 0.407 e. The quantitative estimate of drug-likeness (QED) is 0.819. The molecular formula is C15H15F2NO4. The van der Waals surface area contributed by atoms with Crippen LogP contribution in [-0.2, 0) is 14.9 Å². The number of benzene rings is 1. The smallest absolute Gasteiger partial charge is 0.407 e. The van der Waals surface area contributed by atoms with Gasteiger partial charge in [0, 0.05) is 11.6 Å². The molecule has 5 nitrogen and oxygen atoms in total. The first-order chi connectivity index (χ1) is 10.4. The summed E-state index contributed by atoms with van der Waals surface area (Å²) in [5, 5.41) is 11.8. The molecule has 0 radical (unpaired) electrons. The van der Waals surface area contributed by atoms with Crippen molar-refractivity contribution in [2.45, 2.75) is 24.3 Å². The van der Waals surface area contributed by atoms with Crippen molar-refractivity contribution in [1.82, 2.24) is 5.32 Å². The van der Waals surface area contributed by atoms with Gasteiger partial charge < -0.3 is 15.2 Å². The molecule has 0 aromatic heterocycles. The molecule has 2 N–H and O–H groups in total. The molecule has 1 aromatic rings. The fourth-order valence-corrected chi connectivity index (χ4v) is 2.67. The molecule has 0 aliphatic heterocycles. The van der Waals surface area contributed by atoms with Crippen LogP contribution in [0.1, 0.15) is 18.4 Å². The van der Waals surface area contributed by atoms with E-state index in [2.05, 4.69) is 11.9 Å². The zero-order chi connectivity index (χ0) is 16.3. The van der Waals surface area contributed by atoms with Gasteiger partial charge in [0.05, 0.1) is 0 Å². The molecule has 0 bridgehead atoms. The fraction of sp³-hybridized carbons (Fsp3) is 0.333. The third-order valence-corrected chi connectivity index (χ3v) is 3.69. The highest BCUT2D eigenvalue weighted by Crippen LogP contribution is 2.46. The average molecular weight is 311 g/mol. The Kier molecular flexibility index (Phi) is 4.44. The lowest BCUT2D eigenvalue weighted by molar-refractivity contribution is -0.149. The van der Waals surface area contributed by atoms with Crippen molar-refractivity contribution in [2.24, 2.45) is 0 Å². The molecule has 1 amide bonds. The Balaban J connectivity index is 2.14. The summed E-state index contributed by atoms with van der Waals surface area (Å²) in [7, 11) is 0. The zero-order valence-electron chi connectivity index (χ0n) is 11.6. The molecule has 0 spiro atoms. The summed E-state index contributed by atoms with van der Waals surface area (Å²) in [6.45, 7) is 3.40. The Hall–Kier alpha value is -2.44. The molecule has 2 rings (SSSR count). The molecular weight excluding hydrogens is 296 g/mol. The minimum Gasteiger partial charge on any atom is -0.481 e. The van der Waals surface area contributed by atoms with Crippen molar-refractivity contribution in [2.75, 3.05) is 6.61 Å². The average Bonchev–Trinajstić information content (AvgIpc) is 2.41. The lowest BCUT2D eigenvalue weighted by atomic mass is 9.61. The first-order valence-corrected chi connectivity index (χ1v) is 6.63. The molecule has 0 heterocycles. The Bertz CT molecular complexity index is 591. The first kappa shape index (κ1) is 15.9. The van der Waals surface area contributed by atoms with Gasteiger partial charge in [0.1, 0.15) is 23.7 Å². The molecule has 1 aliphatic rings. The number of carboxylic acid groups (broad SMARTS) is 1. The number of hydrogen-bond donors (Lipinski definition) is 2. The van der Waals surface area contributed by atoms with Gasteiger partial charge in [0.25, 0.3) is 0 Å². The van der Waals surface area contributed by atoms with Crippen LogP contribution in [-0.4, -0.2) is 29.8 Å². The normalized spacial score (nSPS) is 23.3. The van der Waals surface area contributed by atoms with Crippen LogP contribution >= 0.6 is 0 Å². The van der Waals surface area contributed by atoms with E-state index in [1.54, 1.807) is 0 Å². The number of amides is 1. The summed E-state index contributed by atoms with van der Waals surface area (Å²) < 4.78 is 32.4. The molecule has 1 fully saturated rings. The molecule has 1 aliphatic carbocycles. The Morgan fingerprint density at radius 1 is 1.41 bits per heavy atom. The number of carbonyl (C=O) groups excluding carboxylic acids is 1. The number of carbonyl (C=O) groups is 2. The monoisotopic (exact) mass is 311 g/mol. The number of nitrogens with one attached hydrogen (secondary N) is 1. The summed E-state index contributed by atoms with van der Waals surface area (Å²) in [5.74, 6) is -3.14. The van der Waals surface area contributed by atoms with E-state index < -0.39 is 40.7 Å². The summed E-state index contributed by atoms with van der Waals surface area (Å²) in [6, 6.07) is 2.68. The van der Waals surface area contributed by atoms with Crippen LogP contribution in [0.2, 0.25) is 0 Å². The number of halogens is 2. The van der Waals surface area contributed by atoms with Gasteiger partial charge in [-0.05, 0) is 25.0 Å². The highest BCUT2D eigenvalue weighted by Gasteiger charge is 2.55. The van der Waals surface area contributed by atoms with E-state index in [1.165, 1.54) is 12.1 Å². The van der Waals surface area contributed by atoms with E-state index >= 15 is 0 Å². The number of aliphatic carboxylic acids is 1. The van der Waals surface area contributed by atoms with E-state index in [1.807, 2.05) is 0 Å². The Labute approximate surface area is 125 Å². The van der Waals surface area contributed by atoms with Gasteiger partial charge in [-0.25, -0.2) is 13.6 Å². The van der Waals surface area contributed by atoms with Crippen LogP contribution in [0, 0.1) is 11.6 Å². The van der Waals surface area contributed by atoms with Crippen molar-refractivity contribution in [3.63, 3.8) is 0 Å². The zero-order valence-corrected chi connectivity index (χ0v) is 11.6. The SMILES string of the molecule is C=CCOC(=O)NC1CC(C(=O)O)(c2c(F)cccc2F)C1. The third-order valence-electron chi connectivity index (χ3n) is 3.69. The Morgan fingerprint density at radius 2 is 2.00 bits per heavy atom. The lowest BCUT2D eigenvalue weighted by Gasteiger charge is -2.44. The highest BCUT2D eigenvalue weighted by molar-refractivity contribution is 5.84. The van der Waals surface area contributed by atoms with Crippen molar-refractivity contribution in [3.8, 4) is 0 Å². The fourth-order valence-electron chi connectivity index (χ4n) is 2.67. The van der Waals surface area contributed by atoms with E-state index in [0.717, 1.165) is 12.1 Å². The molecule has 1 aromatic carbocycles. The van der Waals surface area contributed by atoms with Gasteiger partial charge in [0.15, 0.2) is 0 Å². The first-order valence-electron chi connectivity index (χ1n) is 6.63. The van der Waals surface area contributed by atoms with Crippen LogP contribution in [0.3, 0.4) is 0 Å². The number of ether oxygens (including phenoxy) is 1. The maximum atomic E-state index is 13.9. The molecule has 1 saturated carbocycles. The van der Waals surface area contributed by atoms with Gasteiger partial charge in [-0.2, -0.15) is 0 Å². The van der Waals surface area contributed by atoms with Gasteiger partial charge in [0.2, 0.25) is 0 Å². The maximum absolute atomic E-state index is 13.9. The highest BCUT2D eigenvalue weighted by atomic mass is 19.1. The van der Waals surface area contributed by atoms with Gasteiger partial charge >= 0.3 is 12.1 Å². The van der Waals surface area contributed by atoms with E-state index in [-0.39, 0.29) is 19.4 Å². The summed E-state index contributed by atoms with van der Waals surface area (Å²) in [6.07, 6.45) is 0.446. The predicted molar refractivity (Wildman–Crippen MR) is 73.4 cm³/mol. The van der Waals surface area contributed by atoms with Crippen molar-refractivity contribution >= 4 is 12.1 Å². The van der Waals surface area contributed by atoms with E-state index in [9.17, 15) is 23.5 Å². The van der Waals surface area contributed by atoms with Crippen LogP contribution < -0.4 is 5.32 Å². The van der Waals surface area contributed by atoms with Crippen LogP contribution in [0.4, 0.5) is 13.6 Å². The van der Waals surface area contributed by atoms with E-state index in [4.69, 9.17) is 4.74 Å². The molecule has 0 saturated heterocycles. The molecule has 118 valence electrons. The molecule has 0 atom stereocenters. The van der Waals surface area contributed by atoms with Crippen LogP contribution in [0.25, 0.3) is 0 Å². The third kappa shape index (κ3) is 2.79. The minimum absolute atomic E-state index is 0.0184. The predicted octanol–water partition coefficient (Wildman–Crippen LogP) is 2.36. The van der Waals surface area contributed by atoms with Gasteiger partial charge in [-0.3, -0.25) is 4.79 Å². The second-order valence-electron chi connectivity index (χ2n) is 5.12. The Morgan fingerprint density at radius 3 is 2.50 bits per heavy atom. The van der Waals surface area contributed by atoms with E-state index in [0.29, 0.717) is 0 Å². The molecule has 0 unspecified atom stereocenters. The van der Waals surface area contributed by atoms with Gasteiger partial charge in [-0.15, -0.1) is 0 Å². The van der Waals surface area contributed by atoms with Crippen molar-refractivity contribution < 1.29 is 28.2 Å². The largest absolute Gasteiger partial charge is 0.481 e. The topological polar surface area (TPSA) is 75.6 Å². The van der Waals surface area contributed by atoms with Crippen molar-refractivity contribution in [3.05, 3.63) is 48.1 Å². The molecule has 7 heteroatoms. The standard InChI is InChI=1S/C15H15F2NO4/c1-2-6-22-14(21)18-9-7-15(8-9,13(19)20)12-10(16)4-3-5-11(12)17/h2-5,9H,1,6-8H2,(H,18,21)(H,19,20). The summed E-state index contributed by atoms with van der Waals surface area (Å²) in [4.78, 5) is 22.9. The van der Waals surface area contributed by atoms with Crippen LogP contribution in [0.15, 0.2) is 30.9 Å². The second kappa shape index (κ2) is 6.13. The van der Waals surface area contributed by atoms with Gasteiger partial charge in [-0.1, -0.05) is 18.7 Å². The number of carboxylic acids is 1. The number of alkyl carbamates (subject to hydrolysis) is 1. The minimum atomic E-state index is -1.67. The van der Waals surface area contributed by atoms with Crippen LogP contribution in [0.5, 0.6) is 0 Å². The number of hydrogen-bond acceptors (Lipinski definition) is 3. The number of rotatable bonds is 5. The summed E-state index contributed by atoms with van der Waals surface area (Å²) in [5.41, 5.74) is -2.15. The molecule has 22 heavy (non-hydrogen) atoms.